The molecule has 0 spiro atoms. The van der Waals surface area contributed by atoms with Crippen molar-refractivity contribution in [2.75, 3.05) is 19.7 Å². The number of nitrogens with zero attached hydrogens (tertiary/aromatic N) is 1. The van der Waals surface area contributed by atoms with E-state index in [1.54, 1.807) is 0 Å². The average Bonchev–Trinajstić information content (AvgIpc) is 3.13. The normalized spacial score (nSPS) is 21.4. The molecule has 2 atom stereocenters. The Labute approximate surface area is 173 Å². The molecule has 2 aliphatic rings. The molecule has 2 aromatic carbocycles. The maximum Gasteiger partial charge on any atom is 0.251 e. The summed E-state index contributed by atoms with van der Waals surface area (Å²) in [6.07, 6.45) is 3.65. The van der Waals surface area contributed by atoms with E-state index in [-0.39, 0.29) is 18.3 Å². The van der Waals surface area contributed by atoms with Gasteiger partial charge in [-0.1, -0.05) is 24.3 Å². The van der Waals surface area contributed by atoms with Crippen molar-refractivity contribution in [3.63, 3.8) is 0 Å². The van der Waals surface area contributed by atoms with Gasteiger partial charge in [-0.2, -0.15) is 0 Å². The van der Waals surface area contributed by atoms with Crippen LogP contribution in [0.2, 0.25) is 0 Å². The summed E-state index contributed by atoms with van der Waals surface area (Å²) >= 11 is 0. The first-order chi connectivity index (χ1) is 13.2. The van der Waals surface area contributed by atoms with E-state index in [0.717, 1.165) is 29.9 Å². The first-order valence-corrected chi connectivity index (χ1v) is 10.1. The van der Waals surface area contributed by atoms with Crippen molar-refractivity contribution in [1.82, 2.24) is 10.2 Å². The highest BCUT2D eigenvalue weighted by atomic mass is 35.5. The number of halogens is 1. The fraction of sp³-hybridized carbons (Fsp3) is 0.435. The van der Waals surface area contributed by atoms with Gasteiger partial charge in [-0.3, -0.25) is 9.69 Å². The van der Waals surface area contributed by atoms with Crippen LogP contribution in [0.5, 0.6) is 5.75 Å². The van der Waals surface area contributed by atoms with E-state index in [0.29, 0.717) is 24.2 Å². The Balaban J connectivity index is 0.00000225. The van der Waals surface area contributed by atoms with Crippen molar-refractivity contribution >= 4 is 18.3 Å². The lowest BCUT2D eigenvalue weighted by atomic mass is 9.96. The molecule has 2 aliphatic heterocycles. The number of hydrogen-bond acceptors (Lipinski definition) is 3. The predicted octanol–water partition coefficient (Wildman–Crippen LogP) is 4.31. The number of fused-ring (bicyclic) bond motifs is 1. The molecule has 0 bridgehead atoms. The van der Waals surface area contributed by atoms with Gasteiger partial charge in [0.15, 0.2) is 0 Å². The molecule has 4 nitrogen and oxygen atoms in total. The predicted molar refractivity (Wildman–Crippen MR) is 116 cm³/mol. The van der Waals surface area contributed by atoms with Crippen LogP contribution in [0.4, 0.5) is 0 Å². The largest absolute Gasteiger partial charge is 0.492 e. The van der Waals surface area contributed by atoms with E-state index in [1.165, 1.54) is 24.9 Å². The number of likely N-dealkylation sites (tertiary alicyclic amines) is 1. The summed E-state index contributed by atoms with van der Waals surface area (Å²) in [6, 6.07) is 15.4. The highest BCUT2D eigenvalue weighted by molar-refractivity contribution is 5.95. The minimum Gasteiger partial charge on any atom is -0.492 e. The zero-order valence-corrected chi connectivity index (χ0v) is 17.4. The summed E-state index contributed by atoms with van der Waals surface area (Å²) in [5.74, 6) is 0.954. The van der Waals surface area contributed by atoms with Crippen molar-refractivity contribution in [2.45, 2.75) is 45.2 Å². The Morgan fingerprint density at radius 3 is 2.79 bits per heavy atom. The van der Waals surface area contributed by atoms with E-state index in [4.69, 9.17) is 4.74 Å². The first-order valence-electron chi connectivity index (χ1n) is 10.1. The average molecular weight is 401 g/mol. The Kier molecular flexibility index (Phi) is 6.63. The Bertz CT molecular complexity index is 839. The Morgan fingerprint density at radius 2 is 2.04 bits per heavy atom. The van der Waals surface area contributed by atoms with E-state index in [9.17, 15) is 4.79 Å². The summed E-state index contributed by atoms with van der Waals surface area (Å²) in [4.78, 5) is 14.7. The molecule has 1 fully saturated rings. The zero-order chi connectivity index (χ0) is 18.8. The summed E-state index contributed by atoms with van der Waals surface area (Å²) in [6.45, 7) is 6.84. The number of rotatable bonds is 4. The third-order valence-corrected chi connectivity index (χ3v) is 5.82. The third kappa shape index (κ3) is 4.18. The van der Waals surface area contributed by atoms with E-state index in [2.05, 4.69) is 35.3 Å². The second-order valence-electron chi connectivity index (χ2n) is 7.66. The van der Waals surface area contributed by atoms with E-state index in [1.807, 2.05) is 31.2 Å². The van der Waals surface area contributed by atoms with E-state index < -0.39 is 0 Å². The minimum atomic E-state index is -0.0314. The fourth-order valence-electron chi connectivity index (χ4n) is 4.35. The molecule has 0 radical (unpaired) electrons. The van der Waals surface area contributed by atoms with Crippen molar-refractivity contribution in [1.29, 1.82) is 0 Å². The molecule has 2 unspecified atom stereocenters. The number of carbonyl (C=O) groups excluding carboxylic acids is 1. The van der Waals surface area contributed by atoms with Crippen LogP contribution in [0.15, 0.2) is 42.5 Å². The van der Waals surface area contributed by atoms with Crippen molar-refractivity contribution in [3.05, 3.63) is 53.6 Å². The first kappa shape index (κ1) is 20.7. The Hall–Kier alpha value is -2.04. The van der Waals surface area contributed by atoms with Gasteiger partial charge in [0.25, 0.3) is 5.91 Å². The molecule has 150 valence electrons. The number of nitrogens with one attached hydrogen (secondary N) is 1. The van der Waals surface area contributed by atoms with E-state index >= 15 is 0 Å². The number of hydrogen-bond donors (Lipinski definition) is 1. The van der Waals surface area contributed by atoms with Gasteiger partial charge in [0.05, 0.1) is 0 Å². The highest BCUT2D eigenvalue weighted by Crippen LogP contribution is 2.33. The molecule has 2 aromatic rings. The summed E-state index contributed by atoms with van der Waals surface area (Å²) in [5, 5.41) is 2.86. The summed E-state index contributed by atoms with van der Waals surface area (Å²) in [5.41, 5.74) is 4.11. The van der Waals surface area contributed by atoms with Crippen LogP contribution in [0.3, 0.4) is 0 Å². The van der Waals surface area contributed by atoms with Gasteiger partial charge in [0.2, 0.25) is 0 Å². The van der Waals surface area contributed by atoms with Crippen LogP contribution >= 0.6 is 12.4 Å². The van der Waals surface area contributed by atoms with Crippen LogP contribution in [0, 0.1) is 0 Å². The van der Waals surface area contributed by atoms with Gasteiger partial charge in [-0.25, -0.2) is 0 Å². The van der Waals surface area contributed by atoms with Crippen molar-refractivity contribution < 1.29 is 9.53 Å². The molecule has 1 amide bonds. The third-order valence-electron chi connectivity index (χ3n) is 5.82. The van der Waals surface area contributed by atoms with Gasteiger partial charge >= 0.3 is 0 Å². The van der Waals surface area contributed by atoms with Crippen LogP contribution in [-0.4, -0.2) is 42.6 Å². The lowest BCUT2D eigenvalue weighted by Crippen LogP contribution is -2.44. The minimum absolute atomic E-state index is 0. The topological polar surface area (TPSA) is 41.6 Å². The molecule has 4 rings (SSSR count). The quantitative estimate of drug-likeness (QED) is 0.831. The van der Waals surface area contributed by atoms with Crippen LogP contribution in [-0.2, 0) is 6.42 Å². The number of ether oxygens (including phenoxy) is 1. The molecule has 0 aliphatic carbocycles. The standard InChI is InChI=1S/C23H28N2O2.ClH/c1-3-24-23(26)20-8-4-7-17(12-20)18-9-10-19-13-21(15-27-22(19)14-18)25-11-5-6-16(25)2;/h4,7-10,12,14,16,21H,3,5-6,11,13,15H2,1-2H3,(H,24,26);1H. The second kappa shape index (κ2) is 8.97. The molecule has 0 saturated carbocycles. The zero-order valence-electron chi connectivity index (χ0n) is 16.6. The van der Waals surface area contributed by atoms with Crippen LogP contribution in [0.25, 0.3) is 11.1 Å². The van der Waals surface area contributed by atoms with Gasteiger partial charge < -0.3 is 10.1 Å². The number of benzene rings is 2. The molecule has 0 aromatic heterocycles. The molecular formula is C23H29ClN2O2. The van der Waals surface area contributed by atoms with Crippen molar-refractivity contribution in [2.24, 2.45) is 0 Å². The van der Waals surface area contributed by atoms with Gasteiger partial charge in [-0.05, 0) is 74.5 Å². The lowest BCUT2D eigenvalue weighted by molar-refractivity contribution is 0.0956. The SMILES string of the molecule is CCNC(=O)c1cccc(-c2ccc3c(c2)OCC(N2CCCC2C)C3)c1.Cl. The van der Waals surface area contributed by atoms with Crippen molar-refractivity contribution in [3.8, 4) is 16.9 Å². The van der Waals surface area contributed by atoms with Crippen LogP contribution < -0.4 is 10.1 Å². The molecule has 1 saturated heterocycles. The second-order valence-corrected chi connectivity index (χ2v) is 7.66. The van der Waals surface area contributed by atoms with Gasteiger partial charge in [0, 0.05) is 24.2 Å². The number of carbonyl (C=O) groups is 1. The maximum atomic E-state index is 12.1. The number of amides is 1. The molecule has 28 heavy (non-hydrogen) atoms. The molecule has 5 heteroatoms. The monoisotopic (exact) mass is 400 g/mol. The van der Waals surface area contributed by atoms with Gasteiger partial charge in [-0.15, -0.1) is 12.4 Å². The Morgan fingerprint density at radius 1 is 1.21 bits per heavy atom. The van der Waals surface area contributed by atoms with Gasteiger partial charge in [0.1, 0.15) is 12.4 Å². The lowest BCUT2D eigenvalue weighted by Gasteiger charge is -2.35. The highest BCUT2D eigenvalue weighted by Gasteiger charge is 2.31. The summed E-state index contributed by atoms with van der Waals surface area (Å²) in [7, 11) is 0. The van der Waals surface area contributed by atoms with Crippen LogP contribution in [0.1, 0.15) is 42.6 Å². The molecule has 2 heterocycles. The fourth-order valence-corrected chi connectivity index (χ4v) is 4.35. The summed E-state index contributed by atoms with van der Waals surface area (Å²) < 4.78 is 6.15. The molecular weight excluding hydrogens is 372 g/mol. The molecule has 1 N–H and O–H groups in total. The maximum absolute atomic E-state index is 12.1. The smallest absolute Gasteiger partial charge is 0.251 e.